The van der Waals surface area contributed by atoms with Gasteiger partial charge in [-0.1, -0.05) is 0 Å². The van der Waals surface area contributed by atoms with Gasteiger partial charge >= 0.3 is 0 Å². The molecule has 0 spiro atoms. The third-order valence-electron chi connectivity index (χ3n) is 4.43. The molecule has 26 heavy (non-hydrogen) atoms. The van der Waals surface area contributed by atoms with Crippen LogP contribution in [0.1, 0.15) is 22.5 Å². The minimum absolute atomic E-state index is 0.150. The molecule has 7 heteroatoms. The van der Waals surface area contributed by atoms with Gasteiger partial charge < -0.3 is 24.3 Å². The molecule has 1 amide bonds. The van der Waals surface area contributed by atoms with Crippen molar-refractivity contribution in [1.82, 2.24) is 10.3 Å². The van der Waals surface area contributed by atoms with Crippen molar-refractivity contribution in [3.63, 3.8) is 0 Å². The number of carbonyl (C=O) groups is 1. The van der Waals surface area contributed by atoms with Crippen molar-refractivity contribution in [1.29, 1.82) is 0 Å². The maximum Gasteiger partial charge on any atom is 0.251 e. The Hall–Kier alpha value is -2.80. The van der Waals surface area contributed by atoms with Crippen LogP contribution in [0, 0.1) is 6.92 Å². The molecule has 1 aromatic heterocycles. The first-order valence-corrected chi connectivity index (χ1v) is 8.56. The zero-order valence-electron chi connectivity index (χ0n) is 14.4. The number of rotatable bonds is 4. The van der Waals surface area contributed by atoms with E-state index in [-0.39, 0.29) is 24.8 Å². The van der Waals surface area contributed by atoms with E-state index in [1.807, 2.05) is 19.1 Å². The minimum Gasteiger partial charge on any atom is -0.484 e. The smallest absolute Gasteiger partial charge is 0.251 e. The number of carbonyl (C=O) groups excluding carboxylic acids is 1. The lowest BCUT2D eigenvalue weighted by Crippen LogP contribution is -2.51. The quantitative estimate of drug-likeness (QED) is 0.904. The number of hydrogen-bond acceptors (Lipinski definition) is 6. The van der Waals surface area contributed by atoms with Gasteiger partial charge in [-0.15, -0.1) is 0 Å². The van der Waals surface area contributed by atoms with Crippen molar-refractivity contribution >= 4 is 5.91 Å². The summed E-state index contributed by atoms with van der Waals surface area (Å²) in [5.74, 6) is 1.73. The van der Waals surface area contributed by atoms with Crippen molar-refractivity contribution in [3.05, 3.63) is 47.8 Å². The normalized spacial score (nSPS) is 21.3. The van der Waals surface area contributed by atoms with Crippen LogP contribution in [0.3, 0.4) is 0 Å². The molecule has 1 aromatic carbocycles. The van der Waals surface area contributed by atoms with E-state index in [4.69, 9.17) is 18.9 Å². The van der Waals surface area contributed by atoms with Gasteiger partial charge in [-0.25, -0.2) is 0 Å². The number of pyridine rings is 1. The summed E-state index contributed by atoms with van der Waals surface area (Å²) in [5, 5.41) is 3.05. The average molecular weight is 356 g/mol. The predicted octanol–water partition coefficient (Wildman–Crippen LogP) is 2.09. The van der Waals surface area contributed by atoms with Crippen molar-refractivity contribution in [3.8, 4) is 17.2 Å². The molecule has 0 bridgehead atoms. The summed E-state index contributed by atoms with van der Waals surface area (Å²) in [6.45, 7) is 3.10. The lowest BCUT2D eigenvalue weighted by Gasteiger charge is -2.32. The minimum atomic E-state index is -0.272. The second-order valence-electron chi connectivity index (χ2n) is 6.30. The van der Waals surface area contributed by atoms with Crippen LogP contribution >= 0.6 is 0 Å². The van der Waals surface area contributed by atoms with Crippen LogP contribution < -0.4 is 19.5 Å². The third-order valence-corrected chi connectivity index (χ3v) is 4.43. The molecule has 1 saturated heterocycles. The maximum atomic E-state index is 12.6. The lowest BCUT2D eigenvalue weighted by atomic mass is 10.0. The number of benzene rings is 1. The summed E-state index contributed by atoms with van der Waals surface area (Å²) in [6.07, 6.45) is 2.09. The molecule has 0 saturated carbocycles. The van der Waals surface area contributed by atoms with E-state index in [0.29, 0.717) is 42.4 Å². The second-order valence-corrected chi connectivity index (χ2v) is 6.30. The number of aromatic nitrogens is 1. The molecule has 0 unspecified atom stereocenters. The van der Waals surface area contributed by atoms with Crippen LogP contribution in [0.2, 0.25) is 0 Å². The van der Waals surface area contributed by atoms with Crippen molar-refractivity contribution < 1.29 is 23.7 Å². The fourth-order valence-corrected chi connectivity index (χ4v) is 2.98. The fourth-order valence-electron chi connectivity index (χ4n) is 2.98. The van der Waals surface area contributed by atoms with Gasteiger partial charge in [0.25, 0.3) is 5.91 Å². The summed E-state index contributed by atoms with van der Waals surface area (Å²) in [6, 6.07) is 8.77. The number of ether oxygens (including phenoxy) is 4. The van der Waals surface area contributed by atoms with Gasteiger partial charge in [0.2, 0.25) is 6.79 Å². The zero-order chi connectivity index (χ0) is 17.9. The molecule has 0 radical (unpaired) electrons. The first kappa shape index (κ1) is 16.7. The van der Waals surface area contributed by atoms with E-state index < -0.39 is 0 Å². The molecule has 4 rings (SSSR count). The SMILES string of the molecule is Cc1ccc(O[C@H]2COCC[C@H]2NC(=O)c2ccc3c(c2)OCO3)cn1. The summed E-state index contributed by atoms with van der Waals surface area (Å²) in [4.78, 5) is 16.9. The van der Waals surface area contributed by atoms with Gasteiger partial charge in [-0.05, 0) is 43.7 Å². The van der Waals surface area contributed by atoms with Crippen LogP contribution in [-0.2, 0) is 4.74 Å². The monoisotopic (exact) mass is 356 g/mol. The van der Waals surface area contributed by atoms with Crippen molar-refractivity contribution in [2.45, 2.75) is 25.5 Å². The van der Waals surface area contributed by atoms with Crippen LogP contribution in [-0.4, -0.2) is 43.0 Å². The molecule has 136 valence electrons. The number of aryl methyl sites for hydroxylation is 1. The first-order chi connectivity index (χ1) is 12.7. The van der Waals surface area contributed by atoms with E-state index >= 15 is 0 Å². The Morgan fingerprint density at radius 2 is 2.12 bits per heavy atom. The van der Waals surface area contributed by atoms with E-state index in [9.17, 15) is 4.79 Å². The number of nitrogens with zero attached hydrogens (tertiary/aromatic N) is 1. The average Bonchev–Trinajstić information content (AvgIpc) is 3.13. The Bertz CT molecular complexity index is 793. The maximum absolute atomic E-state index is 12.6. The highest BCUT2D eigenvalue weighted by Crippen LogP contribution is 2.32. The van der Waals surface area contributed by atoms with E-state index in [1.165, 1.54) is 0 Å². The summed E-state index contributed by atoms with van der Waals surface area (Å²) in [7, 11) is 0. The Morgan fingerprint density at radius 3 is 2.96 bits per heavy atom. The van der Waals surface area contributed by atoms with Gasteiger partial charge in [-0.3, -0.25) is 9.78 Å². The van der Waals surface area contributed by atoms with E-state index in [1.54, 1.807) is 24.4 Å². The van der Waals surface area contributed by atoms with Gasteiger partial charge in [0.15, 0.2) is 11.5 Å². The first-order valence-electron chi connectivity index (χ1n) is 8.56. The molecule has 2 atom stereocenters. The van der Waals surface area contributed by atoms with E-state index in [0.717, 1.165) is 5.69 Å². The molecular weight excluding hydrogens is 336 g/mol. The Balaban J connectivity index is 1.44. The van der Waals surface area contributed by atoms with Crippen molar-refractivity contribution in [2.75, 3.05) is 20.0 Å². The molecule has 7 nitrogen and oxygen atoms in total. The Labute approximate surface area is 151 Å². The van der Waals surface area contributed by atoms with Crippen LogP contribution in [0.15, 0.2) is 36.5 Å². The van der Waals surface area contributed by atoms with Gasteiger partial charge in [-0.2, -0.15) is 0 Å². The molecule has 0 aliphatic carbocycles. The summed E-state index contributed by atoms with van der Waals surface area (Å²) >= 11 is 0. The summed E-state index contributed by atoms with van der Waals surface area (Å²) < 4.78 is 22.1. The predicted molar refractivity (Wildman–Crippen MR) is 92.6 cm³/mol. The van der Waals surface area contributed by atoms with Crippen LogP contribution in [0.25, 0.3) is 0 Å². The Morgan fingerprint density at radius 1 is 1.23 bits per heavy atom. The largest absolute Gasteiger partial charge is 0.484 e. The van der Waals surface area contributed by atoms with Crippen LogP contribution in [0.5, 0.6) is 17.2 Å². The van der Waals surface area contributed by atoms with Crippen molar-refractivity contribution in [2.24, 2.45) is 0 Å². The van der Waals surface area contributed by atoms with E-state index in [2.05, 4.69) is 10.3 Å². The summed E-state index contributed by atoms with van der Waals surface area (Å²) in [5.41, 5.74) is 1.45. The third kappa shape index (κ3) is 3.57. The number of hydrogen-bond donors (Lipinski definition) is 1. The highest BCUT2D eigenvalue weighted by molar-refractivity contribution is 5.95. The topological polar surface area (TPSA) is 78.9 Å². The highest BCUT2D eigenvalue weighted by Gasteiger charge is 2.29. The number of amides is 1. The molecular formula is C19H20N2O5. The lowest BCUT2D eigenvalue weighted by molar-refractivity contribution is -0.0136. The molecule has 3 heterocycles. The molecule has 2 aromatic rings. The van der Waals surface area contributed by atoms with Gasteiger partial charge in [0.05, 0.1) is 18.8 Å². The molecule has 1 fully saturated rings. The molecule has 2 aliphatic rings. The molecule has 2 aliphatic heterocycles. The highest BCUT2D eigenvalue weighted by atomic mass is 16.7. The number of nitrogens with one attached hydrogen (secondary N) is 1. The number of fused-ring (bicyclic) bond motifs is 1. The standard InChI is InChI=1S/C19H20N2O5/c1-12-2-4-14(9-20-12)26-18-10-23-7-6-15(18)21-19(22)13-3-5-16-17(8-13)25-11-24-16/h2-5,8-9,15,18H,6-7,10-11H2,1H3,(H,21,22)/t15-,18+/m1/s1. The van der Waals surface area contributed by atoms with Gasteiger partial charge in [0.1, 0.15) is 11.9 Å². The second kappa shape index (κ2) is 7.21. The Kier molecular flexibility index (Phi) is 4.62. The fraction of sp³-hybridized carbons (Fsp3) is 0.368. The zero-order valence-corrected chi connectivity index (χ0v) is 14.4. The molecule has 1 N–H and O–H groups in total. The van der Waals surface area contributed by atoms with Gasteiger partial charge in [0, 0.05) is 17.9 Å². The van der Waals surface area contributed by atoms with Crippen LogP contribution in [0.4, 0.5) is 0 Å².